The van der Waals surface area contributed by atoms with Gasteiger partial charge in [0.15, 0.2) is 5.11 Å². The molecule has 1 fully saturated rings. The van der Waals surface area contributed by atoms with Gasteiger partial charge in [0.25, 0.3) is 0 Å². The highest BCUT2D eigenvalue weighted by atomic mass is 35.5. The number of rotatable bonds is 4. The molecule has 0 aromatic heterocycles. The number of ether oxygens (including phenoxy) is 1. The molecule has 1 aliphatic rings. The minimum Gasteiger partial charge on any atom is -0.462 e. The number of esters is 1. The maximum absolute atomic E-state index is 11.8. The standard InChI is InChI=1S/C15H17ClN2O3S/c1-9-8-10(14(20)21-9)6-7-13(19)18-15(22)17-12-5-3-2-4-11(12)16/h2-5,9-10H,6-8H2,1H3,(H2,17,18,19,22). The third kappa shape index (κ3) is 4.68. The fourth-order valence-corrected chi connectivity index (χ4v) is 2.69. The highest BCUT2D eigenvalue weighted by Crippen LogP contribution is 2.24. The van der Waals surface area contributed by atoms with Gasteiger partial charge in [0.2, 0.25) is 5.91 Å². The molecular weight excluding hydrogens is 324 g/mol. The zero-order valence-corrected chi connectivity index (χ0v) is 13.7. The SMILES string of the molecule is CC1CC(CCC(=O)NC(=S)Nc2ccccc2Cl)C(=O)O1. The molecule has 7 heteroatoms. The molecule has 2 unspecified atom stereocenters. The van der Waals surface area contributed by atoms with Gasteiger partial charge < -0.3 is 15.4 Å². The van der Waals surface area contributed by atoms with Gasteiger partial charge in [0.05, 0.1) is 22.7 Å². The number of cyclic esters (lactones) is 1. The predicted octanol–water partition coefficient (Wildman–Crippen LogP) is 2.88. The molecule has 1 saturated heterocycles. The zero-order valence-electron chi connectivity index (χ0n) is 12.1. The van der Waals surface area contributed by atoms with Crippen LogP contribution in [0.5, 0.6) is 0 Å². The summed E-state index contributed by atoms with van der Waals surface area (Å²) in [6.07, 6.45) is 1.28. The quantitative estimate of drug-likeness (QED) is 0.651. The number of anilines is 1. The van der Waals surface area contributed by atoms with Gasteiger partial charge >= 0.3 is 5.97 Å². The Kier molecular flexibility index (Phi) is 5.74. The lowest BCUT2D eigenvalue weighted by Gasteiger charge is -2.11. The van der Waals surface area contributed by atoms with E-state index >= 15 is 0 Å². The van der Waals surface area contributed by atoms with Gasteiger partial charge in [-0.25, -0.2) is 0 Å². The van der Waals surface area contributed by atoms with Crippen molar-refractivity contribution in [3.63, 3.8) is 0 Å². The first-order valence-corrected chi connectivity index (χ1v) is 7.80. The molecular formula is C15H17ClN2O3S. The second kappa shape index (κ2) is 7.56. The van der Waals surface area contributed by atoms with Crippen LogP contribution in [0.25, 0.3) is 0 Å². The third-order valence-corrected chi connectivity index (χ3v) is 3.90. The van der Waals surface area contributed by atoms with Gasteiger partial charge in [-0.2, -0.15) is 0 Å². The smallest absolute Gasteiger partial charge is 0.309 e. The summed E-state index contributed by atoms with van der Waals surface area (Å²) in [5.41, 5.74) is 0.627. The van der Waals surface area contributed by atoms with Crippen LogP contribution < -0.4 is 10.6 Å². The number of benzene rings is 1. The Bertz CT molecular complexity index is 594. The number of para-hydroxylation sites is 1. The summed E-state index contributed by atoms with van der Waals surface area (Å²) in [5.74, 6) is -0.667. The molecule has 2 atom stereocenters. The Morgan fingerprint density at radius 3 is 2.82 bits per heavy atom. The summed E-state index contributed by atoms with van der Waals surface area (Å²) in [7, 11) is 0. The third-order valence-electron chi connectivity index (χ3n) is 3.36. The molecule has 1 heterocycles. The molecule has 0 aliphatic carbocycles. The number of carbonyl (C=O) groups excluding carboxylic acids is 2. The van der Waals surface area contributed by atoms with Crippen molar-refractivity contribution in [1.82, 2.24) is 5.32 Å². The van der Waals surface area contributed by atoms with E-state index in [-0.39, 0.29) is 35.4 Å². The van der Waals surface area contributed by atoms with Crippen molar-refractivity contribution in [2.75, 3.05) is 5.32 Å². The number of thiocarbonyl (C=S) groups is 1. The minimum atomic E-state index is -0.239. The van der Waals surface area contributed by atoms with Crippen LogP contribution in [0, 0.1) is 5.92 Å². The Hall–Kier alpha value is -1.66. The fourth-order valence-electron chi connectivity index (χ4n) is 2.29. The van der Waals surface area contributed by atoms with Crippen molar-refractivity contribution < 1.29 is 14.3 Å². The van der Waals surface area contributed by atoms with Crippen LogP contribution in [0.2, 0.25) is 5.02 Å². The van der Waals surface area contributed by atoms with Crippen molar-refractivity contribution in [1.29, 1.82) is 0 Å². The maximum atomic E-state index is 11.8. The number of amides is 1. The van der Waals surface area contributed by atoms with E-state index in [1.54, 1.807) is 18.2 Å². The van der Waals surface area contributed by atoms with Crippen LogP contribution in [-0.4, -0.2) is 23.1 Å². The second-order valence-electron chi connectivity index (χ2n) is 5.20. The summed E-state index contributed by atoms with van der Waals surface area (Å²) in [5, 5.41) is 6.13. The second-order valence-corrected chi connectivity index (χ2v) is 6.02. The van der Waals surface area contributed by atoms with E-state index in [2.05, 4.69) is 10.6 Å². The van der Waals surface area contributed by atoms with E-state index in [4.69, 9.17) is 28.6 Å². The van der Waals surface area contributed by atoms with Crippen LogP contribution in [0.4, 0.5) is 5.69 Å². The van der Waals surface area contributed by atoms with Crippen LogP contribution in [0.1, 0.15) is 26.2 Å². The lowest BCUT2D eigenvalue weighted by molar-refractivity contribution is -0.143. The zero-order chi connectivity index (χ0) is 16.1. The van der Waals surface area contributed by atoms with Crippen molar-refractivity contribution in [3.05, 3.63) is 29.3 Å². The van der Waals surface area contributed by atoms with E-state index in [9.17, 15) is 9.59 Å². The lowest BCUT2D eigenvalue weighted by atomic mass is 9.99. The number of halogens is 1. The minimum absolute atomic E-state index is 0.0662. The van der Waals surface area contributed by atoms with Gasteiger partial charge in [0.1, 0.15) is 0 Å². The van der Waals surface area contributed by atoms with Gasteiger partial charge in [0, 0.05) is 6.42 Å². The molecule has 1 amide bonds. The summed E-state index contributed by atoms with van der Waals surface area (Å²) < 4.78 is 5.06. The van der Waals surface area contributed by atoms with Crippen molar-refractivity contribution >= 4 is 46.5 Å². The van der Waals surface area contributed by atoms with Gasteiger partial charge in [-0.3, -0.25) is 9.59 Å². The van der Waals surface area contributed by atoms with Crippen molar-refractivity contribution in [2.24, 2.45) is 5.92 Å². The van der Waals surface area contributed by atoms with Crippen LogP contribution in [-0.2, 0) is 14.3 Å². The van der Waals surface area contributed by atoms with E-state index in [0.717, 1.165) is 0 Å². The molecule has 1 aromatic rings. The Labute approximate surface area is 139 Å². The summed E-state index contributed by atoms with van der Waals surface area (Å²) in [6, 6.07) is 7.10. The maximum Gasteiger partial charge on any atom is 0.309 e. The van der Waals surface area contributed by atoms with E-state index in [0.29, 0.717) is 23.6 Å². The summed E-state index contributed by atoms with van der Waals surface area (Å²) in [4.78, 5) is 23.3. The van der Waals surface area contributed by atoms with Gasteiger partial charge in [-0.1, -0.05) is 23.7 Å². The molecule has 2 rings (SSSR count). The monoisotopic (exact) mass is 340 g/mol. The highest BCUT2D eigenvalue weighted by Gasteiger charge is 2.31. The molecule has 2 N–H and O–H groups in total. The van der Waals surface area contributed by atoms with Crippen LogP contribution >= 0.6 is 23.8 Å². The fraction of sp³-hybridized carbons (Fsp3) is 0.400. The normalized spacial score (nSPS) is 20.4. The first-order chi connectivity index (χ1) is 10.5. The number of hydrogen-bond acceptors (Lipinski definition) is 4. The van der Waals surface area contributed by atoms with Crippen molar-refractivity contribution in [2.45, 2.75) is 32.3 Å². The molecule has 1 aromatic carbocycles. The lowest BCUT2D eigenvalue weighted by Crippen LogP contribution is -2.34. The number of hydrogen-bond donors (Lipinski definition) is 2. The molecule has 0 saturated carbocycles. The van der Waals surface area contributed by atoms with E-state index < -0.39 is 0 Å². The Balaban J connectivity index is 1.76. The van der Waals surface area contributed by atoms with Gasteiger partial charge in [-0.05, 0) is 44.1 Å². The van der Waals surface area contributed by atoms with Crippen molar-refractivity contribution in [3.8, 4) is 0 Å². The van der Waals surface area contributed by atoms with E-state index in [1.165, 1.54) is 0 Å². The Morgan fingerprint density at radius 1 is 1.45 bits per heavy atom. The van der Waals surface area contributed by atoms with Crippen LogP contribution in [0.15, 0.2) is 24.3 Å². The van der Waals surface area contributed by atoms with E-state index in [1.807, 2.05) is 13.0 Å². The Morgan fingerprint density at radius 2 is 2.18 bits per heavy atom. The predicted molar refractivity (Wildman–Crippen MR) is 88.7 cm³/mol. The van der Waals surface area contributed by atoms with Gasteiger partial charge in [-0.15, -0.1) is 0 Å². The first-order valence-electron chi connectivity index (χ1n) is 7.01. The molecule has 0 radical (unpaired) electrons. The average Bonchev–Trinajstić information content (AvgIpc) is 2.77. The molecule has 0 bridgehead atoms. The highest BCUT2D eigenvalue weighted by molar-refractivity contribution is 7.80. The molecule has 5 nitrogen and oxygen atoms in total. The summed E-state index contributed by atoms with van der Waals surface area (Å²) in [6.45, 7) is 1.85. The molecule has 1 aliphatic heterocycles. The van der Waals surface area contributed by atoms with Crippen LogP contribution in [0.3, 0.4) is 0 Å². The first kappa shape index (κ1) is 16.7. The molecule has 118 valence electrons. The largest absolute Gasteiger partial charge is 0.462 e. The number of carbonyl (C=O) groups is 2. The molecule has 0 spiro atoms. The number of nitrogens with one attached hydrogen (secondary N) is 2. The molecule has 22 heavy (non-hydrogen) atoms. The summed E-state index contributed by atoms with van der Waals surface area (Å²) >= 11 is 11.1. The average molecular weight is 341 g/mol. The topological polar surface area (TPSA) is 67.4 Å².